The molecule has 0 aliphatic rings. The van der Waals surface area contributed by atoms with Crippen LogP contribution in [0.2, 0.25) is 29.6 Å². The van der Waals surface area contributed by atoms with Crippen LogP contribution in [0.15, 0.2) is 7.18 Å². The Bertz CT molecular complexity index is 293. The van der Waals surface area contributed by atoms with Gasteiger partial charge < -0.3 is 0 Å². The van der Waals surface area contributed by atoms with Crippen LogP contribution in [0.4, 0.5) is 0 Å². The van der Waals surface area contributed by atoms with Gasteiger partial charge in [0.15, 0.2) is 0 Å². The summed E-state index contributed by atoms with van der Waals surface area (Å²) in [6.45, 7) is 2.18. The predicted octanol–water partition coefficient (Wildman–Crippen LogP) is 3.62. The number of ether oxygens (including phenoxy) is 1. The molecule has 0 fully saturated rings. The molecule has 0 rings (SSSR count). The summed E-state index contributed by atoms with van der Waals surface area (Å²) < 4.78 is 7.62. The van der Waals surface area contributed by atoms with Gasteiger partial charge in [0.25, 0.3) is 0 Å². The zero-order chi connectivity index (χ0) is 13.1. The average Bonchev–Trinajstić information content (AvgIpc) is 2.08. The van der Waals surface area contributed by atoms with Gasteiger partial charge in [-0.15, -0.1) is 0 Å². The molecule has 0 aromatic carbocycles. The van der Waals surface area contributed by atoms with E-state index >= 15 is 0 Å². The minimum atomic E-state index is -2.37. The molecule has 0 aromatic rings. The van der Waals surface area contributed by atoms with Crippen molar-refractivity contribution < 1.29 is 9.53 Å². The van der Waals surface area contributed by atoms with E-state index in [1.165, 1.54) is 10.7 Å². The van der Waals surface area contributed by atoms with Gasteiger partial charge in [-0.3, -0.25) is 0 Å². The summed E-state index contributed by atoms with van der Waals surface area (Å²) in [5.41, 5.74) is 0. The summed E-state index contributed by atoms with van der Waals surface area (Å²) in [6.07, 6.45) is 1.03. The first kappa shape index (κ1) is 16.8. The van der Waals surface area contributed by atoms with Crippen LogP contribution in [-0.2, 0) is 9.53 Å². The molecule has 0 aromatic heterocycles. The molecular formula is C12H26O2Sn2. The van der Waals surface area contributed by atoms with Crippen LogP contribution >= 0.6 is 0 Å². The Balaban J connectivity index is 5.79. The third-order valence-corrected chi connectivity index (χ3v) is 17.4. The van der Waals surface area contributed by atoms with Crippen LogP contribution in [0.25, 0.3) is 0 Å². The summed E-state index contributed by atoms with van der Waals surface area (Å²) >= 11 is -4.52. The third-order valence-electron chi connectivity index (χ3n) is 2.70. The van der Waals surface area contributed by atoms with Crippen molar-refractivity contribution in [3.05, 3.63) is 7.18 Å². The number of carbonyl (C=O) groups excluding carboxylic acids is 1. The fraction of sp³-hybridized carbons (Fsp3) is 0.750. The van der Waals surface area contributed by atoms with Gasteiger partial charge in [0.05, 0.1) is 0 Å². The molecule has 0 aliphatic heterocycles. The molecule has 0 spiro atoms. The van der Waals surface area contributed by atoms with Crippen LogP contribution in [0.5, 0.6) is 0 Å². The average molecular weight is 440 g/mol. The molecule has 0 aliphatic carbocycles. The number of rotatable bonds is 4. The summed E-state index contributed by atoms with van der Waals surface area (Å²) in [6, 6.07) is 0. The molecule has 4 heteroatoms. The maximum absolute atomic E-state index is 12.0. The van der Waals surface area contributed by atoms with Crippen molar-refractivity contribution in [2.24, 2.45) is 0 Å². The normalized spacial score (nSPS) is 14.5. The van der Waals surface area contributed by atoms with E-state index in [1.807, 2.05) is 0 Å². The fourth-order valence-electron chi connectivity index (χ4n) is 2.07. The van der Waals surface area contributed by atoms with Crippen molar-refractivity contribution in [2.75, 3.05) is 7.11 Å². The molecule has 94 valence electrons. The van der Waals surface area contributed by atoms with Gasteiger partial charge in [-0.05, 0) is 0 Å². The van der Waals surface area contributed by atoms with E-state index in [1.54, 1.807) is 0 Å². The number of esters is 1. The van der Waals surface area contributed by atoms with E-state index in [2.05, 4.69) is 36.6 Å². The number of hydrogen-bond acceptors (Lipinski definition) is 2. The fourth-order valence-corrected chi connectivity index (χ4v) is 27.0. The van der Waals surface area contributed by atoms with Crippen molar-refractivity contribution >= 4 is 42.7 Å². The summed E-state index contributed by atoms with van der Waals surface area (Å²) in [4.78, 5) is 26.1. The quantitative estimate of drug-likeness (QED) is 0.380. The van der Waals surface area contributed by atoms with E-state index in [-0.39, 0.29) is 5.97 Å². The molecule has 0 saturated heterocycles. The molecule has 0 bridgehead atoms. The van der Waals surface area contributed by atoms with Crippen LogP contribution in [0, 0.1) is 0 Å². The summed E-state index contributed by atoms with van der Waals surface area (Å²) in [7, 11) is 1.51. The SMILES string of the molecule is CC/[C](=[C](\C(=O)OC)[Sn]([CH3])([CH3])[CH3])[Sn]([CH3])([CH3])[CH3]. The van der Waals surface area contributed by atoms with Crippen LogP contribution in [0.3, 0.4) is 0 Å². The maximum atomic E-state index is 12.0. The van der Waals surface area contributed by atoms with Gasteiger partial charge in [-0.2, -0.15) is 0 Å². The minimum absolute atomic E-state index is 0.0493. The molecule has 0 atom stereocenters. The number of hydrogen-bond donors (Lipinski definition) is 0. The van der Waals surface area contributed by atoms with Gasteiger partial charge in [0.2, 0.25) is 0 Å². The first-order valence-electron chi connectivity index (χ1n) is 5.88. The number of carbonyl (C=O) groups is 1. The molecule has 16 heavy (non-hydrogen) atoms. The Morgan fingerprint density at radius 2 is 1.44 bits per heavy atom. The van der Waals surface area contributed by atoms with E-state index in [9.17, 15) is 4.79 Å². The van der Waals surface area contributed by atoms with E-state index in [0.717, 1.165) is 10.0 Å². The number of methoxy groups -OCH3 is 1. The molecule has 0 amide bonds. The molecule has 2 nitrogen and oxygen atoms in total. The van der Waals surface area contributed by atoms with Gasteiger partial charge >= 0.3 is 110 Å². The van der Waals surface area contributed by atoms with Crippen LogP contribution in [0.1, 0.15) is 13.3 Å². The Kier molecular flexibility index (Phi) is 6.42. The van der Waals surface area contributed by atoms with Gasteiger partial charge in [-0.1, -0.05) is 0 Å². The zero-order valence-electron chi connectivity index (χ0n) is 12.0. The molecule has 0 N–H and O–H groups in total. The van der Waals surface area contributed by atoms with Crippen molar-refractivity contribution in [3.63, 3.8) is 0 Å². The topological polar surface area (TPSA) is 26.3 Å². The van der Waals surface area contributed by atoms with Crippen molar-refractivity contribution in [1.29, 1.82) is 0 Å². The van der Waals surface area contributed by atoms with E-state index in [0.29, 0.717) is 0 Å². The second kappa shape index (κ2) is 6.11. The van der Waals surface area contributed by atoms with Gasteiger partial charge in [0, 0.05) is 0 Å². The van der Waals surface area contributed by atoms with Crippen LogP contribution < -0.4 is 0 Å². The molecule has 0 radical (unpaired) electrons. The summed E-state index contributed by atoms with van der Waals surface area (Å²) in [5, 5.41) is 0. The van der Waals surface area contributed by atoms with Gasteiger partial charge in [0.1, 0.15) is 0 Å². The standard InChI is InChI=1S/C6H8O2.6CH3.2Sn/c1-3-4-5-6(7)8-2;;;;;;;;/h3H2,1-2H3;6*1H3;;. The second-order valence-electron chi connectivity index (χ2n) is 6.20. The third kappa shape index (κ3) is 4.59. The van der Waals surface area contributed by atoms with Gasteiger partial charge in [-0.25, -0.2) is 0 Å². The first-order valence-corrected chi connectivity index (χ1v) is 25.9. The van der Waals surface area contributed by atoms with E-state index < -0.39 is 36.8 Å². The number of allylic oxidation sites excluding steroid dienone is 1. The molecule has 0 heterocycles. The Hall–Kier alpha value is 0.807. The van der Waals surface area contributed by atoms with Crippen molar-refractivity contribution in [2.45, 2.75) is 43.0 Å². The Morgan fingerprint density at radius 3 is 1.62 bits per heavy atom. The van der Waals surface area contributed by atoms with Crippen molar-refractivity contribution in [1.82, 2.24) is 0 Å². The molecule has 0 unspecified atom stereocenters. The first-order chi connectivity index (χ1) is 7.05. The molecule has 0 saturated carbocycles. The van der Waals surface area contributed by atoms with Crippen LogP contribution in [-0.4, -0.2) is 49.8 Å². The van der Waals surface area contributed by atoms with Crippen molar-refractivity contribution in [3.8, 4) is 0 Å². The monoisotopic (exact) mass is 442 g/mol. The molecular weight excluding hydrogens is 414 g/mol. The summed E-state index contributed by atoms with van der Waals surface area (Å²) in [5.74, 6) is -0.0493. The Labute approximate surface area is 109 Å². The predicted molar refractivity (Wildman–Crippen MR) is 76.0 cm³/mol. The Morgan fingerprint density at radius 1 is 1.00 bits per heavy atom. The van der Waals surface area contributed by atoms with E-state index in [4.69, 9.17) is 4.74 Å². The zero-order valence-corrected chi connectivity index (χ0v) is 17.7. The second-order valence-corrected chi connectivity index (χ2v) is 35.0.